The molecule has 4 nitrogen and oxygen atoms in total. The minimum absolute atomic E-state index is 0.505. The average molecular weight is 182 g/mol. The van der Waals surface area contributed by atoms with Crippen LogP contribution in [0, 0.1) is 0 Å². The van der Waals surface area contributed by atoms with Gasteiger partial charge in [-0.15, -0.1) is 0 Å². The zero-order valence-electron chi connectivity index (χ0n) is 7.05. The first-order chi connectivity index (χ1) is 4.87. The first-order valence-corrected chi connectivity index (χ1v) is 3.43. The number of rotatable bonds is 1. The molecule has 1 amide bonds. The van der Waals surface area contributed by atoms with Gasteiger partial charge in [-0.2, -0.15) is 0 Å². The highest BCUT2D eigenvalue weighted by atomic mass is 35.5. The topological polar surface area (TPSA) is 38.8 Å². The molecule has 11 heavy (non-hydrogen) atoms. The number of ether oxygens (including phenoxy) is 1. The van der Waals surface area contributed by atoms with E-state index >= 15 is 0 Å². The van der Waals surface area contributed by atoms with Crippen LogP contribution in [0.4, 0.5) is 4.79 Å². The molecule has 0 heterocycles. The summed E-state index contributed by atoms with van der Waals surface area (Å²) in [6.07, 6.45) is -0.721. The number of carbonyl (C=O) groups is 1. The van der Waals surface area contributed by atoms with E-state index in [1.807, 2.05) is 0 Å². The standard InChI is InChI=1S/C6H12ClNO3/c1-6(2,3)11-5(9)8(7)10-4/h1-4H3. The molecule has 5 heteroatoms. The average Bonchev–Trinajstić information content (AvgIpc) is 1.82. The van der Waals surface area contributed by atoms with Gasteiger partial charge in [-0.25, -0.2) is 4.79 Å². The summed E-state index contributed by atoms with van der Waals surface area (Å²) < 4.78 is 5.33. The summed E-state index contributed by atoms with van der Waals surface area (Å²) in [5, 5.41) is 0. The van der Waals surface area contributed by atoms with Crippen molar-refractivity contribution in [1.29, 1.82) is 0 Å². The molecule has 0 aliphatic carbocycles. The molecule has 0 rings (SSSR count). The van der Waals surface area contributed by atoms with Crippen LogP contribution < -0.4 is 0 Å². The molecular weight excluding hydrogens is 170 g/mol. The van der Waals surface area contributed by atoms with E-state index in [1.165, 1.54) is 7.11 Å². The fourth-order valence-electron chi connectivity index (χ4n) is 0.372. The van der Waals surface area contributed by atoms with E-state index in [0.29, 0.717) is 4.58 Å². The van der Waals surface area contributed by atoms with Gasteiger partial charge in [0.25, 0.3) is 0 Å². The van der Waals surface area contributed by atoms with E-state index in [4.69, 9.17) is 16.5 Å². The second-order valence-electron chi connectivity index (χ2n) is 2.91. The van der Waals surface area contributed by atoms with Crippen LogP contribution in [0.2, 0.25) is 0 Å². The lowest BCUT2D eigenvalue weighted by atomic mass is 10.2. The van der Waals surface area contributed by atoms with Gasteiger partial charge in [0.1, 0.15) is 5.60 Å². The Labute approximate surface area is 71.1 Å². The Balaban J connectivity index is 3.88. The molecule has 0 spiro atoms. The minimum Gasteiger partial charge on any atom is -0.441 e. The van der Waals surface area contributed by atoms with Crippen molar-refractivity contribution in [3.05, 3.63) is 0 Å². The van der Waals surface area contributed by atoms with Crippen molar-refractivity contribution in [3.63, 3.8) is 0 Å². The van der Waals surface area contributed by atoms with Crippen LogP contribution in [0.25, 0.3) is 0 Å². The maximum absolute atomic E-state index is 10.8. The summed E-state index contributed by atoms with van der Waals surface area (Å²) in [5.41, 5.74) is -0.553. The molecule has 0 aromatic rings. The van der Waals surface area contributed by atoms with E-state index in [0.717, 1.165) is 0 Å². The van der Waals surface area contributed by atoms with Gasteiger partial charge in [-0.1, -0.05) is 4.58 Å². The molecule has 0 bridgehead atoms. The van der Waals surface area contributed by atoms with Crippen LogP contribution in [0.5, 0.6) is 0 Å². The van der Waals surface area contributed by atoms with E-state index in [9.17, 15) is 4.79 Å². The van der Waals surface area contributed by atoms with E-state index < -0.39 is 11.7 Å². The molecule has 0 N–H and O–H groups in total. The summed E-state index contributed by atoms with van der Waals surface area (Å²) in [7, 11) is 1.27. The predicted molar refractivity (Wildman–Crippen MR) is 40.9 cm³/mol. The molecule has 0 fully saturated rings. The van der Waals surface area contributed by atoms with Crippen molar-refractivity contribution in [2.45, 2.75) is 26.4 Å². The molecule has 0 aromatic carbocycles. The maximum Gasteiger partial charge on any atom is 0.450 e. The highest BCUT2D eigenvalue weighted by Gasteiger charge is 2.20. The molecule has 0 aliphatic heterocycles. The molecular formula is C6H12ClNO3. The molecule has 0 aliphatic rings. The summed E-state index contributed by atoms with van der Waals surface area (Å²) >= 11 is 5.26. The first-order valence-electron chi connectivity index (χ1n) is 3.10. The lowest BCUT2D eigenvalue weighted by molar-refractivity contribution is -0.0635. The Morgan fingerprint density at radius 1 is 1.45 bits per heavy atom. The van der Waals surface area contributed by atoms with Gasteiger partial charge in [0.05, 0.1) is 7.11 Å². The van der Waals surface area contributed by atoms with Crippen LogP contribution in [0.1, 0.15) is 20.8 Å². The van der Waals surface area contributed by atoms with Crippen LogP contribution >= 0.6 is 11.8 Å². The third kappa shape index (κ3) is 4.86. The van der Waals surface area contributed by atoms with E-state index in [1.54, 1.807) is 20.8 Å². The Morgan fingerprint density at radius 3 is 2.18 bits per heavy atom. The van der Waals surface area contributed by atoms with Crippen molar-refractivity contribution in [2.75, 3.05) is 7.11 Å². The van der Waals surface area contributed by atoms with Crippen molar-refractivity contribution >= 4 is 17.9 Å². The molecule has 0 atom stereocenters. The number of halogens is 1. The smallest absolute Gasteiger partial charge is 0.441 e. The van der Waals surface area contributed by atoms with Gasteiger partial charge in [-0.3, -0.25) is 4.84 Å². The number of hydroxylamine groups is 1. The van der Waals surface area contributed by atoms with Gasteiger partial charge in [-0.05, 0) is 20.8 Å². The SMILES string of the molecule is CON(Cl)C(=O)OC(C)(C)C. The van der Waals surface area contributed by atoms with Crippen LogP contribution in [-0.2, 0) is 9.57 Å². The summed E-state index contributed by atoms with van der Waals surface area (Å²) in [6.45, 7) is 5.22. The fraction of sp³-hybridized carbons (Fsp3) is 0.833. The third-order valence-corrected chi connectivity index (χ3v) is 0.973. The molecule has 0 saturated heterocycles. The van der Waals surface area contributed by atoms with E-state index in [2.05, 4.69) is 4.84 Å². The molecule has 0 aromatic heterocycles. The zero-order valence-corrected chi connectivity index (χ0v) is 7.81. The number of amides is 1. The Kier molecular flexibility index (Phi) is 3.62. The Hall–Kier alpha value is -0.480. The van der Waals surface area contributed by atoms with E-state index in [-0.39, 0.29) is 0 Å². The van der Waals surface area contributed by atoms with Crippen LogP contribution in [0.3, 0.4) is 0 Å². The summed E-state index contributed by atoms with van der Waals surface area (Å²) in [5.74, 6) is 0. The van der Waals surface area contributed by atoms with Crippen LogP contribution in [-0.4, -0.2) is 23.4 Å². The van der Waals surface area contributed by atoms with Gasteiger partial charge < -0.3 is 4.74 Å². The third-order valence-electron chi connectivity index (χ3n) is 0.697. The molecule has 66 valence electrons. The molecule has 0 radical (unpaired) electrons. The lowest BCUT2D eigenvalue weighted by Crippen LogP contribution is -2.30. The molecule has 0 saturated carbocycles. The fourth-order valence-corrected chi connectivity index (χ4v) is 0.407. The minimum atomic E-state index is -0.721. The zero-order chi connectivity index (χ0) is 9.07. The predicted octanol–water partition coefficient (Wildman–Crippen LogP) is 1.94. The largest absolute Gasteiger partial charge is 0.450 e. The van der Waals surface area contributed by atoms with Gasteiger partial charge in [0, 0.05) is 11.8 Å². The van der Waals surface area contributed by atoms with Crippen molar-refractivity contribution in [1.82, 2.24) is 4.58 Å². The van der Waals surface area contributed by atoms with Crippen molar-refractivity contribution < 1.29 is 14.4 Å². The Bertz CT molecular complexity index is 143. The van der Waals surface area contributed by atoms with Crippen LogP contribution in [0.15, 0.2) is 0 Å². The monoisotopic (exact) mass is 181 g/mol. The van der Waals surface area contributed by atoms with Gasteiger partial charge in [0.2, 0.25) is 0 Å². The second-order valence-corrected chi connectivity index (χ2v) is 3.21. The van der Waals surface area contributed by atoms with Gasteiger partial charge >= 0.3 is 6.09 Å². The Morgan fingerprint density at radius 2 is 1.91 bits per heavy atom. The summed E-state index contributed by atoms with van der Waals surface area (Å²) in [4.78, 5) is 15.2. The highest BCUT2D eigenvalue weighted by Crippen LogP contribution is 2.10. The second kappa shape index (κ2) is 3.78. The van der Waals surface area contributed by atoms with Gasteiger partial charge in [0.15, 0.2) is 0 Å². The summed E-state index contributed by atoms with van der Waals surface area (Å²) in [6, 6.07) is 0. The molecule has 0 unspecified atom stereocenters. The normalized spacial score (nSPS) is 11.0. The number of hydrogen-bond acceptors (Lipinski definition) is 3. The highest BCUT2D eigenvalue weighted by molar-refractivity contribution is 6.19. The number of nitrogens with zero attached hydrogens (tertiary/aromatic N) is 1. The lowest BCUT2D eigenvalue weighted by Gasteiger charge is -2.21. The first kappa shape index (κ1) is 10.5. The quantitative estimate of drug-likeness (QED) is 0.459. The maximum atomic E-state index is 10.8. The van der Waals surface area contributed by atoms with Crippen molar-refractivity contribution in [3.8, 4) is 0 Å². The number of hydrogen-bond donors (Lipinski definition) is 0. The number of carbonyl (C=O) groups excluding carboxylic acids is 1. The van der Waals surface area contributed by atoms with Crippen molar-refractivity contribution in [2.24, 2.45) is 0 Å².